The highest BCUT2D eigenvalue weighted by atomic mass is 32.2. The van der Waals surface area contributed by atoms with Gasteiger partial charge in [0.05, 0.1) is 20.0 Å². The van der Waals surface area contributed by atoms with Crippen LogP contribution < -0.4 is 25.6 Å². The van der Waals surface area contributed by atoms with Crippen molar-refractivity contribution in [3.8, 4) is 23.0 Å². The third-order valence-corrected chi connectivity index (χ3v) is 4.91. The molecular weight excluding hydrogens is 450 g/mol. The monoisotopic (exact) mass is 471 g/mol. The van der Waals surface area contributed by atoms with E-state index in [1.807, 2.05) is 0 Å². The average molecular weight is 471 g/mol. The number of hydrogen-bond acceptors (Lipinski definition) is 9. The highest BCUT2D eigenvalue weighted by Gasteiger charge is 2.14. The number of amides is 3. The van der Waals surface area contributed by atoms with Gasteiger partial charge in [0, 0.05) is 29.8 Å². The Labute approximate surface area is 193 Å². The summed E-state index contributed by atoms with van der Waals surface area (Å²) in [5.74, 6) is -0.162. The van der Waals surface area contributed by atoms with Crippen LogP contribution in [0.25, 0.3) is 11.5 Å². The number of thioether (sulfide) groups is 1. The van der Waals surface area contributed by atoms with E-state index in [1.54, 1.807) is 30.3 Å². The van der Waals surface area contributed by atoms with Gasteiger partial charge in [0.25, 0.3) is 11.1 Å². The molecule has 0 unspecified atom stereocenters. The molecule has 11 nitrogen and oxygen atoms in total. The number of benzene rings is 2. The van der Waals surface area contributed by atoms with E-state index in [1.165, 1.54) is 33.3 Å². The molecule has 1 aromatic heterocycles. The molecule has 0 saturated heterocycles. The standard InChI is InChI=1S/C21H21N5O6S/c1-12(27)22-15-6-4-5-13(7-15)20-25-26-21(32-20)33-11-18(28)23-24-19(29)14-8-16(30-2)10-17(9-14)31-3/h4-10H,11H2,1-3H3,(H,22,27)(H,23,28)(H,24,29). The molecule has 172 valence electrons. The molecule has 1 heterocycles. The van der Waals surface area contributed by atoms with Crippen LogP contribution in [-0.2, 0) is 9.59 Å². The fraction of sp³-hybridized carbons (Fsp3) is 0.190. The Morgan fingerprint density at radius 3 is 2.39 bits per heavy atom. The first-order valence-electron chi connectivity index (χ1n) is 9.54. The zero-order valence-electron chi connectivity index (χ0n) is 18.0. The predicted octanol–water partition coefficient (Wildman–Crippen LogP) is 2.27. The fourth-order valence-corrected chi connectivity index (χ4v) is 3.18. The van der Waals surface area contributed by atoms with Crippen LogP contribution in [0.2, 0.25) is 0 Å². The quantitative estimate of drug-likeness (QED) is 0.333. The van der Waals surface area contributed by atoms with E-state index in [0.29, 0.717) is 22.7 Å². The Kier molecular flexibility index (Phi) is 7.86. The molecule has 0 atom stereocenters. The van der Waals surface area contributed by atoms with Crippen molar-refractivity contribution in [3.63, 3.8) is 0 Å². The fourth-order valence-electron chi connectivity index (χ4n) is 2.62. The van der Waals surface area contributed by atoms with E-state index in [-0.39, 0.29) is 28.3 Å². The summed E-state index contributed by atoms with van der Waals surface area (Å²) >= 11 is 1.01. The normalized spacial score (nSPS) is 10.3. The minimum Gasteiger partial charge on any atom is -0.497 e. The number of carbonyl (C=O) groups excluding carboxylic acids is 3. The second-order valence-electron chi connectivity index (χ2n) is 6.53. The number of aromatic nitrogens is 2. The van der Waals surface area contributed by atoms with E-state index in [9.17, 15) is 14.4 Å². The van der Waals surface area contributed by atoms with Crippen LogP contribution in [0.5, 0.6) is 11.5 Å². The Morgan fingerprint density at radius 1 is 1.00 bits per heavy atom. The van der Waals surface area contributed by atoms with Crippen LogP contribution in [0, 0.1) is 0 Å². The third kappa shape index (κ3) is 6.71. The van der Waals surface area contributed by atoms with Gasteiger partial charge in [-0.05, 0) is 30.3 Å². The van der Waals surface area contributed by atoms with Crippen molar-refractivity contribution < 1.29 is 28.3 Å². The number of hydrazine groups is 1. The van der Waals surface area contributed by atoms with Gasteiger partial charge in [-0.2, -0.15) is 0 Å². The molecule has 3 N–H and O–H groups in total. The van der Waals surface area contributed by atoms with Crippen LogP contribution >= 0.6 is 11.8 Å². The van der Waals surface area contributed by atoms with Crippen molar-refractivity contribution >= 4 is 35.2 Å². The summed E-state index contributed by atoms with van der Waals surface area (Å²) in [7, 11) is 2.94. The van der Waals surface area contributed by atoms with Crippen molar-refractivity contribution in [2.45, 2.75) is 12.1 Å². The van der Waals surface area contributed by atoms with Gasteiger partial charge in [0.15, 0.2) is 0 Å². The van der Waals surface area contributed by atoms with E-state index in [4.69, 9.17) is 13.9 Å². The summed E-state index contributed by atoms with van der Waals surface area (Å²) in [5, 5.41) is 10.7. The number of carbonyl (C=O) groups is 3. The van der Waals surface area contributed by atoms with Crippen molar-refractivity contribution in [2.24, 2.45) is 0 Å². The summed E-state index contributed by atoms with van der Waals surface area (Å²) < 4.78 is 15.8. The number of nitrogens with one attached hydrogen (secondary N) is 3. The molecule has 0 saturated carbocycles. The molecule has 33 heavy (non-hydrogen) atoms. The summed E-state index contributed by atoms with van der Waals surface area (Å²) in [4.78, 5) is 35.6. The number of hydrogen-bond donors (Lipinski definition) is 3. The number of ether oxygens (including phenoxy) is 2. The van der Waals surface area contributed by atoms with Gasteiger partial charge in [0.2, 0.25) is 17.7 Å². The number of rotatable bonds is 8. The molecule has 0 radical (unpaired) electrons. The van der Waals surface area contributed by atoms with Crippen LogP contribution in [-0.4, -0.2) is 47.9 Å². The summed E-state index contributed by atoms with van der Waals surface area (Å²) in [5.41, 5.74) is 6.11. The molecule has 0 spiro atoms. The molecule has 0 aliphatic carbocycles. The minimum absolute atomic E-state index is 0.0741. The zero-order chi connectivity index (χ0) is 23.8. The molecule has 0 fully saturated rings. The summed E-state index contributed by atoms with van der Waals surface area (Å²) in [6.45, 7) is 1.41. The molecule has 12 heteroatoms. The van der Waals surface area contributed by atoms with Crippen molar-refractivity contribution in [3.05, 3.63) is 48.0 Å². The van der Waals surface area contributed by atoms with Crippen LogP contribution in [0.15, 0.2) is 52.1 Å². The molecule has 3 aromatic rings. The molecule has 0 aliphatic rings. The Hall–Kier alpha value is -4.06. The molecule has 2 aromatic carbocycles. The second-order valence-corrected chi connectivity index (χ2v) is 7.45. The first-order chi connectivity index (χ1) is 15.9. The van der Waals surface area contributed by atoms with E-state index >= 15 is 0 Å². The predicted molar refractivity (Wildman–Crippen MR) is 120 cm³/mol. The van der Waals surface area contributed by atoms with Gasteiger partial charge in [0.1, 0.15) is 11.5 Å². The SMILES string of the molecule is COc1cc(OC)cc(C(=O)NNC(=O)CSc2nnc(-c3cccc(NC(C)=O)c3)o2)c1. The third-order valence-electron chi connectivity index (χ3n) is 4.09. The van der Waals surface area contributed by atoms with Crippen molar-refractivity contribution in [1.29, 1.82) is 0 Å². The maximum Gasteiger partial charge on any atom is 0.277 e. The first-order valence-corrected chi connectivity index (χ1v) is 10.5. The Bertz CT molecular complexity index is 1140. The lowest BCUT2D eigenvalue weighted by Crippen LogP contribution is -2.42. The lowest BCUT2D eigenvalue weighted by molar-refractivity contribution is -0.119. The number of nitrogens with zero attached hydrogens (tertiary/aromatic N) is 2. The first kappa shape index (κ1) is 23.6. The van der Waals surface area contributed by atoms with Crippen LogP contribution in [0.1, 0.15) is 17.3 Å². The van der Waals surface area contributed by atoms with Gasteiger partial charge < -0.3 is 19.2 Å². The Balaban J connectivity index is 1.52. The summed E-state index contributed by atoms with van der Waals surface area (Å²) in [6.07, 6.45) is 0. The maximum absolute atomic E-state index is 12.3. The van der Waals surface area contributed by atoms with Gasteiger partial charge in [-0.25, -0.2) is 0 Å². The van der Waals surface area contributed by atoms with Crippen molar-refractivity contribution in [2.75, 3.05) is 25.3 Å². The second kappa shape index (κ2) is 11.0. The lowest BCUT2D eigenvalue weighted by atomic mass is 10.2. The number of anilines is 1. The molecular formula is C21H21N5O6S. The summed E-state index contributed by atoms with van der Waals surface area (Å²) in [6, 6.07) is 11.6. The number of methoxy groups -OCH3 is 2. The van der Waals surface area contributed by atoms with Crippen molar-refractivity contribution in [1.82, 2.24) is 21.0 Å². The van der Waals surface area contributed by atoms with E-state index in [0.717, 1.165) is 11.8 Å². The highest BCUT2D eigenvalue weighted by Crippen LogP contribution is 2.25. The zero-order valence-corrected chi connectivity index (χ0v) is 18.8. The topological polar surface area (TPSA) is 145 Å². The Morgan fingerprint density at radius 2 is 1.73 bits per heavy atom. The maximum atomic E-state index is 12.3. The highest BCUT2D eigenvalue weighted by molar-refractivity contribution is 7.99. The van der Waals surface area contributed by atoms with Gasteiger partial charge in [-0.3, -0.25) is 25.2 Å². The van der Waals surface area contributed by atoms with E-state index < -0.39 is 11.8 Å². The average Bonchev–Trinajstić information content (AvgIpc) is 3.29. The smallest absolute Gasteiger partial charge is 0.277 e. The molecule has 0 bridgehead atoms. The molecule has 0 aliphatic heterocycles. The van der Waals surface area contributed by atoms with Gasteiger partial charge >= 0.3 is 0 Å². The van der Waals surface area contributed by atoms with Crippen LogP contribution in [0.3, 0.4) is 0 Å². The molecule has 3 amide bonds. The largest absolute Gasteiger partial charge is 0.497 e. The van der Waals surface area contributed by atoms with E-state index in [2.05, 4.69) is 26.4 Å². The van der Waals surface area contributed by atoms with Gasteiger partial charge in [-0.15, -0.1) is 10.2 Å². The van der Waals surface area contributed by atoms with Gasteiger partial charge in [-0.1, -0.05) is 17.8 Å². The molecule has 3 rings (SSSR count). The minimum atomic E-state index is -0.537. The van der Waals surface area contributed by atoms with Crippen LogP contribution in [0.4, 0.5) is 5.69 Å². The lowest BCUT2D eigenvalue weighted by Gasteiger charge is -2.09.